The monoisotopic (exact) mass is 563 g/mol. The number of hydrogen-bond acceptors (Lipinski definition) is 3. The van der Waals surface area contributed by atoms with Crippen molar-refractivity contribution in [2.45, 2.75) is 0 Å². The van der Waals surface area contributed by atoms with Gasteiger partial charge in [-0.3, -0.25) is 4.57 Å². The maximum absolute atomic E-state index is 6.94. The molecule has 0 bridgehead atoms. The maximum atomic E-state index is 6.94. The lowest BCUT2D eigenvalue weighted by Crippen LogP contribution is -2.05. The lowest BCUT2D eigenvalue weighted by molar-refractivity contribution is 0.491. The number of rotatable bonds is 3. The standard InChI is InChI=1S/C40H25N3O/c1-3-13-26(14-4-1)34-25-35(27-15-5-2-6-16-27)42-40(41-34)43-36-21-11-9-19-30(36)32-23-24-33-29-18-8-7-17-28(29)31-20-10-12-22-37(31)44-39(33)38(32)43/h1-25H. The normalized spacial score (nSPS) is 11.8. The van der Waals surface area contributed by atoms with Gasteiger partial charge in [0.1, 0.15) is 11.3 Å². The third-order valence-electron chi connectivity index (χ3n) is 8.45. The molecule has 0 saturated carbocycles. The lowest BCUT2D eigenvalue weighted by atomic mass is 9.94. The van der Waals surface area contributed by atoms with E-state index < -0.39 is 0 Å². The van der Waals surface area contributed by atoms with Crippen LogP contribution < -0.4 is 4.74 Å². The van der Waals surface area contributed by atoms with Gasteiger partial charge in [0.05, 0.1) is 16.9 Å². The third kappa shape index (κ3) is 3.78. The second-order valence-electron chi connectivity index (χ2n) is 11.0. The first-order chi connectivity index (χ1) is 21.8. The molecule has 0 atom stereocenters. The summed E-state index contributed by atoms with van der Waals surface area (Å²) in [5.41, 5.74) is 10.2. The summed E-state index contributed by atoms with van der Waals surface area (Å²) < 4.78 is 9.12. The molecular formula is C40H25N3O. The molecule has 0 spiro atoms. The van der Waals surface area contributed by atoms with Gasteiger partial charge in [0, 0.05) is 33.0 Å². The fourth-order valence-electron chi connectivity index (χ4n) is 6.44. The minimum Gasteiger partial charge on any atom is -0.454 e. The lowest BCUT2D eigenvalue weighted by Gasteiger charge is -2.15. The molecule has 206 valence electrons. The van der Waals surface area contributed by atoms with Gasteiger partial charge >= 0.3 is 0 Å². The molecule has 4 nitrogen and oxygen atoms in total. The van der Waals surface area contributed by atoms with Gasteiger partial charge in [0.15, 0.2) is 5.75 Å². The van der Waals surface area contributed by atoms with Crippen molar-refractivity contribution in [3.8, 4) is 62.2 Å². The molecule has 1 aliphatic rings. The maximum Gasteiger partial charge on any atom is 0.235 e. The first kappa shape index (κ1) is 24.6. The summed E-state index contributed by atoms with van der Waals surface area (Å²) in [5.74, 6) is 2.22. The van der Waals surface area contributed by atoms with E-state index in [0.717, 1.165) is 78.1 Å². The molecular weight excluding hydrogens is 538 g/mol. The van der Waals surface area contributed by atoms with Gasteiger partial charge in [-0.2, -0.15) is 0 Å². The van der Waals surface area contributed by atoms with Crippen LogP contribution in [0, 0.1) is 0 Å². The molecule has 6 aromatic carbocycles. The van der Waals surface area contributed by atoms with Crippen molar-refractivity contribution in [2.75, 3.05) is 0 Å². The Morgan fingerprint density at radius 3 is 1.73 bits per heavy atom. The van der Waals surface area contributed by atoms with Crippen molar-refractivity contribution in [3.63, 3.8) is 0 Å². The van der Waals surface area contributed by atoms with Gasteiger partial charge in [0.2, 0.25) is 5.95 Å². The summed E-state index contributed by atoms with van der Waals surface area (Å²) in [6, 6.07) is 52.3. The van der Waals surface area contributed by atoms with Crippen molar-refractivity contribution >= 4 is 21.8 Å². The van der Waals surface area contributed by atoms with Gasteiger partial charge in [-0.1, -0.05) is 127 Å². The second kappa shape index (κ2) is 9.79. The van der Waals surface area contributed by atoms with Crippen molar-refractivity contribution in [1.29, 1.82) is 0 Å². The zero-order chi connectivity index (χ0) is 29.0. The highest BCUT2D eigenvalue weighted by Gasteiger charge is 2.26. The van der Waals surface area contributed by atoms with E-state index in [2.05, 4.69) is 108 Å². The van der Waals surface area contributed by atoms with Crippen LogP contribution in [0.3, 0.4) is 0 Å². The van der Waals surface area contributed by atoms with Crippen molar-refractivity contribution in [2.24, 2.45) is 0 Å². The molecule has 0 amide bonds. The Labute approximate surface area is 254 Å². The SMILES string of the molecule is c1ccc(-c2cc(-c3ccccc3)nc(-n3c4ccccc4c4ccc5c(c43)Oc3ccccc3-c3ccccc3-5)n2)cc1. The van der Waals surface area contributed by atoms with Crippen LogP contribution in [0.2, 0.25) is 0 Å². The number of para-hydroxylation sites is 2. The zero-order valence-electron chi connectivity index (χ0n) is 23.7. The van der Waals surface area contributed by atoms with Crippen LogP contribution in [-0.2, 0) is 0 Å². The van der Waals surface area contributed by atoms with Gasteiger partial charge in [0.25, 0.3) is 0 Å². The van der Waals surface area contributed by atoms with Crippen LogP contribution in [0.5, 0.6) is 11.5 Å². The summed E-state index contributed by atoms with van der Waals surface area (Å²) in [6.45, 7) is 0. The van der Waals surface area contributed by atoms with Gasteiger partial charge < -0.3 is 4.74 Å². The molecule has 0 N–H and O–H groups in total. The van der Waals surface area contributed by atoms with Crippen molar-refractivity contribution in [3.05, 3.63) is 152 Å². The average Bonchev–Trinajstić information content (AvgIpc) is 3.36. The molecule has 2 aromatic heterocycles. The first-order valence-electron chi connectivity index (χ1n) is 14.8. The van der Waals surface area contributed by atoms with E-state index in [1.165, 1.54) is 0 Å². The second-order valence-corrected chi connectivity index (χ2v) is 11.0. The molecule has 0 saturated heterocycles. The molecule has 8 aromatic rings. The molecule has 1 aliphatic heterocycles. The predicted molar refractivity (Wildman–Crippen MR) is 178 cm³/mol. The quantitative estimate of drug-likeness (QED) is 0.215. The highest BCUT2D eigenvalue weighted by molar-refractivity contribution is 6.13. The largest absolute Gasteiger partial charge is 0.454 e. The fraction of sp³-hybridized carbons (Fsp3) is 0. The van der Waals surface area contributed by atoms with Crippen LogP contribution in [0.25, 0.3) is 72.5 Å². The predicted octanol–water partition coefficient (Wildman–Crippen LogP) is 10.3. The number of benzene rings is 6. The smallest absolute Gasteiger partial charge is 0.235 e. The minimum atomic E-state index is 0.597. The van der Waals surface area contributed by atoms with E-state index >= 15 is 0 Å². The Bertz CT molecular complexity index is 2300. The van der Waals surface area contributed by atoms with E-state index in [9.17, 15) is 0 Å². The fourth-order valence-corrected chi connectivity index (χ4v) is 6.44. The van der Waals surface area contributed by atoms with Crippen molar-refractivity contribution in [1.82, 2.24) is 14.5 Å². The van der Waals surface area contributed by atoms with Crippen LogP contribution in [-0.4, -0.2) is 14.5 Å². The number of fused-ring (bicyclic) bond motifs is 9. The summed E-state index contributed by atoms with van der Waals surface area (Å²) in [4.78, 5) is 10.5. The number of ether oxygens (including phenoxy) is 1. The van der Waals surface area contributed by atoms with Gasteiger partial charge in [-0.15, -0.1) is 0 Å². The molecule has 44 heavy (non-hydrogen) atoms. The van der Waals surface area contributed by atoms with Gasteiger partial charge in [-0.05, 0) is 35.4 Å². The van der Waals surface area contributed by atoms with E-state index in [1.807, 2.05) is 48.5 Å². The van der Waals surface area contributed by atoms with E-state index in [4.69, 9.17) is 14.7 Å². The average molecular weight is 564 g/mol. The van der Waals surface area contributed by atoms with E-state index in [1.54, 1.807) is 0 Å². The zero-order valence-corrected chi connectivity index (χ0v) is 23.7. The molecule has 4 heteroatoms. The topological polar surface area (TPSA) is 39.9 Å². The molecule has 0 radical (unpaired) electrons. The third-order valence-corrected chi connectivity index (χ3v) is 8.45. The Hall–Kier alpha value is -6.00. The number of hydrogen-bond donors (Lipinski definition) is 0. The number of aromatic nitrogens is 3. The summed E-state index contributed by atoms with van der Waals surface area (Å²) in [6.07, 6.45) is 0. The Morgan fingerprint density at radius 2 is 1.02 bits per heavy atom. The Balaban J connectivity index is 1.41. The Morgan fingerprint density at radius 1 is 0.455 bits per heavy atom. The van der Waals surface area contributed by atoms with Crippen LogP contribution in [0.4, 0.5) is 0 Å². The van der Waals surface area contributed by atoms with Crippen LogP contribution >= 0.6 is 0 Å². The summed E-state index contributed by atoms with van der Waals surface area (Å²) in [5, 5.41) is 2.21. The first-order valence-corrected chi connectivity index (χ1v) is 14.8. The highest BCUT2D eigenvalue weighted by atomic mass is 16.5. The molecule has 0 fully saturated rings. The highest BCUT2D eigenvalue weighted by Crippen LogP contribution is 2.50. The minimum absolute atomic E-state index is 0.597. The molecule has 0 aliphatic carbocycles. The van der Waals surface area contributed by atoms with E-state index in [-0.39, 0.29) is 0 Å². The molecule has 9 rings (SSSR count). The van der Waals surface area contributed by atoms with E-state index in [0.29, 0.717) is 5.95 Å². The Kier molecular flexibility index (Phi) is 5.47. The van der Waals surface area contributed by atoms with Crippen LogP contribution in [0.15, 0.2) is 152 Å². The van der Waals surface area contributed by atoms with Gasteiger partial charge in [-0.25, -0.2) is 9.97 Å². The summed E-state index contributed by atoms with van der Waals surface area (Å²) in [7, 11) is 0. The molecule has 3 heterocycles. The number of nitrogens with zero attached hydrogens (tertiary/aromatic N) is 3. The van der Waals surface area contributed by atoms with Crippen molar-refractivity contribution < 1.29 is 4.74 Å². The summed E-state index contributed by atoms with van der Waals surface area (Å²) >= 11 is 0. The van der Waals surface area contributed by atoms with Crippen LogP contribution in [0.1, 0.15) is 0 Å². The molecule has 0 unspecified atom stereocenters.